The minimum atomic E-state index is 0.251. The molecule has 7 nitrogen and oxygen atoms in total. The molecule has 0 aliphatic carbocycles. The molecule has 3 heterocycles. The van der Waals surface area contributed by atoms with Crippen LogP contribution in [0.4, 0.5) is 17.5 Å². The number of aryl methyl sites for hydroxylation is 1. The molecule has 2 N–H and O–H groups in total. The van der Waals surface area contributed by atoms with E-state index in [-0.39, 0.29) is 6.79 Å². The van der Waals surface area contributed by atoms with Crippen molar-refractivity contribution in [3.8, 4) is 11.5 Å². The quantitative estimate of drug-likeness (QED) is 0.743. The van der Waals surface area contributed by atoms with E-state index in [2.05, 4.69) is 20.6 Å². The van der Waals surface area contributed by atoms with Crippen molar-refractivity contribution in [3.63, 3.8) is 0 Å². The van der Waals surface area contributed by atoms with Gasteiger partial charge < -0.3 is 24.5 Å². The molecule has 0 unspecified atom stereocenters. The lowest BCUT2D eigenvalue weighted by Gasteiger charge is -2.09. The third-order valence-corrected chi connectivity index (χ3v) is 3.51. The van der Waals surface area contributed by atoms with Crippen LogP contribution < -0.4 is 20.1 Å². The highest BCUT2D eigenvalue weighted by Gasteiger charge is 2.13. The maximum Gasteiger partial charge on any atom is 0.231 e. The van der Waals surface area contributed by atoms with E-state index < -0.39 is 0 Å². The number of nitrogens with zero attached hydrogens (tertiary/aromatic N) is 2. The molecule has 0 bridgehead atoms. The Hall–Kier alpha value is -3.22. The number of anilines is 3. The molecule has 122 valence electrons. The second-order valence-corrected chi connectivity index (χ2v) is 5.34. The molecule has 0 saturated carbocycles. The minimum absolute atomic E-state index is 0.251. The highest BCUT2D eigenvalue weighted by Crippen LogP contribution is 2.34. The van der Waals surface area contributed by atoms with Crippen molar-refractivity contribution in [3.05, 3.63) is 54.1 Å². The summed E-state index contributed by atoms with van der Waals surface area (Å²) in [6, 6.07) is 11.3. The van der Waals surface area contributed by atoms with E-state index in [0.29, 0.717) is 18.2 Å². The third-order valence-electron chi connectivity index (χ3n) is 3.51. The zero-order valence-electron chi connectivity index (χ0n) is 13.1. The molecule has 4 rings (SSSR count). The van der Waals surface area contributed by atoms with Gasteiger partial charge in [0.05, 0.1) is 12.8 Å². The third kappa shape index (κ3) is 3.10. The van der Waals surface area contributed by atoms with Crippen molar-refractivity contribution < 1.29 is 13.9 Å². The number of hydrogen-bond donors (Lipinski definition) is 2. The lowest BCUT2D eigenvalue weighted by atomic mass is 10.3. The Bertz CT molecular complexity index is 849. The fraction of sp³-hybridized carbons (Fsp3) is 0.176. The first kappa shape index (κ1) is 14.4. The smallest absolute Gasteiger partial charge is 0.231 e. The van der Waals surface area contributed by atoms with Gasteiger partial charge in [-0.2, -0.15) is 4.98 Å². The van der Waals surface area contributed by atoms with Gasteiger partial charge in [-0.3, -0.25) is 0 Å². The van der Waals surface area contributed by atoms with Crippen LogP contribution in [-0.2, 0) is 6.54 Å². The zero-order chi connectivity index (χ0) is 16.4. The maximum absolute atomic E-state index is 5.38. The van der Waals surface area contributed by atoms with Gasteiger partial charge in [-0.15, -0.1) is 0 Å². The van der Waals surface area contributed by atoms with Crippen molar-refractivity contribution in [1.29, 1.82) is 0 Å². The zero-order valence-corrected chi connectivity index (χ0v) is 13.1. The molecule has 0 spiro atoms. The summed E-state index contributed by atoms with van der Waals surface area (Å²) in [6.45, 7) is 2.73. The van der Waals surface area contributed by atoms with Crippen LogP contribution in [0.15, 0.2) is 47.1 Å². The minimum Gasteiger partial charge on any atom is -0.467 e. The van der Waals surface area contributed by atoms with Crippen LogP contribution in [0.5, 0.6) is 11.5 Å². The molecule has 0 saturated heterocycles. The molecule has 24 heavy (non-hydrogen) atoms. The van der Waals surface area contributed by atoms with Crippen molar-refractivity contribution >= 4 is 17.5 Å². The number of ether oxygens (including phenoxy) is 2. The number of nitrogens with one attached hydrogen (secondary N) is 2. The van der Waals surface area contributed by atoms with Gasteiger partial charge in [0.25, 0.3) is 0 Å². The molecule has 1 aliphatic heterocycles. The molecule has 0 amide bonds. The molecule has 0 radical (unpaired) electrons. The standard InChI is InChI=1S/C17H16N4O3/c1-11-7-16(18-9-13-3-2-6-22-13)21-17(19-11)20-12-4-5-14-15(8-12)24-10-23-14/h2-8H,9-10H2,1H3,(H2,18,19,20,21). The van der Waals surface area contributed by atoms with Gasteiger partial charge in [0.15, 0.2) is 11.5 Å². The lowest BCUT2D eigenvalue weighted by Crippen LogP contribution is -2.05. The second kappa shape index (κ2) is 6.11. The number of furan rings is 1. The second-order valence-electron chi connectivity index (χ2n) is 5.34. The molecule has 1 aromatic carbocycles. The van der Waals surface area contributed by atoms with Crippen LogP contribution in [0.2, 0.25) is 0 Å². The lowest BCUT2D eigenvalue weighted by molar-refractivity contribution is 0.174. The predicted octanol–water partition coefficient (Wildman–Crippen LogP) is 3.46. The van der Waals surface area contributed by atoms with Crippen LogP contribution >= 0.6 is 0 Å². The molecular formula is C17H16N4O3. The molecular weight excluding hydrogens is 308 g/mol. The van der Waals surface area contributed by atoms with Crippen LogP contribution in [0.25, 0.3) is 0 Å². The maximum atomic E-state index is 5.38. The van der Waals surface area contributed by atoms with E-state index in [1.54, 1.807) is 6.26 Å². The van der Waals surface area contributed by atoms with Crippen LogP contribution in [-0.4, -0.2) is 16.8 Å². The van der Waals surface area contributed by atoms with E-state index in [1.165, 1.54) is 0 Å². The van der Waals surface area contributed by atoms with Crippen LogP contribution in [0, 0.1) is 6.92 Å². The number of fused-ring (bicyclic) bond motifs is 1. The van der Waals surface area contributed by atoms with E-state index in [0.717, 1.165) is 28.7 Å². The summed E-state index contributed by atoms with van der Waals surface area (Å²) in [5.74, 6) is 3.53. The van der Waals surface area contributed by atoms with Gasteiger partial charge in [0.1, 0.15) is 11.6 Å². The van der Waals surface area contributed by atoms with Gasteiger partial charge >= 0.3 is 0 Å². The highest BCUT2D eigenvalue weighted by molar-refractivity contribution is 5.61. The number of benzene rings is 1. The fourth-order valence-electron chi connectivity index (χ4n) is 2.41. The molecule has 7 heteroatoms. The summed E-state index contributed by atoms with van der Waals surface area (Å²) in [4.78, 5) is 8.88. The molecule has 1 aliphatic rings. The van der Waals surface area contributed by atoms with Crippen molar-refractivity contribution in [2.45, 2.75) is 13.5 Å². The summed E-state index contributed by atoms with van der Waals surface area (Å²) in [5.41, 5.74) is 1.69. The molecule has 3 aromatic rings. The van der Waals surface area contributed by atoms with Crippen LogP contribution in [0.3, 0.4) is 0 Å². The van der Waals surface area contributed by atoms with Gasteiger partial charge in [-0.25, -0.2) is 4.98 Å². The van der Waals surface area contributed by atoms with E-state index >= 15 is 0 Å². The molecule has 0 atom stereocenters. The predicted molar refractivity (Wildman–Crippen MR) is 88.7 cm³/mol. The van der Waals surface area contributed by atoms with Gasteiger partial charge in [0, 0.05) is 23.5 Å². The Balaban J connectivity index is 1.50. The van der Waals surface area contributed by atoms with Crippen molar-refractivity contribution in [1.82, 2.24) is 9.97 Å². The Morgan fingerprint density at radius 2 is 2.00 bits per heavy atom. The highest BCUT2D eigenvalue weighted by atomic mass is 16.7. The first-order valence-electron chi connectivity index (χ1n) is 7.55. The SMILES string of the molecule is Cc1cc(NCc2ccco2)nc(Nc2ccc3c(c2)OCO3)n1. The molecule has 0 fully saturated rings. The van der Waals surface area contributed by atoms with Gasteiger partial charge in [0.2, 0.25) is 12.7 Å². The van der Waals surface area contributed by atoms with Gasteiger partial charge in [-0.05, 0) is 31.2 Å². The fourth-order valence-corrected chi connectivity index (χ4v) is 2.41. The summed E-state index contributed by atoms with van der Waals surface area (Å²) < 4.78 is 16.0. The summed E-state index contributed by atoms with van der Waals surface area (Å²) in [7, 11) is 0. The van der Waals surface area contributed by atoms with E-state index in [4.69, 9.17) is 13.9 Å². The summed E-state index contributed by atoms with van der Waals surface area (Å²) >= 11 is 0. The normalized spacial score (nSPS) is 12.2. The van der Waals surface area contributed by atoms with Crippen molar-refractivity contribution in [2.75, 3.05) is 17.4 Å². The summed E-state index contributed by atoms with van der Waals surface area (Å²) in [5, 5.41) is 6.41. The Morgan fingerprint density at radius 3 is 2.88 bits per heavy atom. The van der Waals surface area contributed by atoms with E-state index in [1.807, 2.05) is 43.3 Å². The number of rotatable bonds is 5. The molecule has 2 aromatic heterocycles. The summed E-state index contributed by atoms with van der Waals surface area (Å²) in [6.07, 6.45) is 1.65. The van der Waals surface area contributed by atoms with Gasteiger partial charge in [-0.1, -0.05) is 0 Å². The Labute approximate surface area is 138 Å². The largest absolute Gasteiger partial charge is 0.467 e. The number of hydrogen-bond acceptors (Lipinski definition) is 7. The average Bonchev–Trinajstić information content (AvgIpc) is 3.23. The van der Waals surface area contributed by atoms with Crippen molar-refractivity contribution in [2.24, 2.45) is 0 Å². The number of aromatic nitrogens is 2. The first-order valence-corrected chi connectivity index (χ1v) is 7.55. The Morgan fingerprint density at radius 1 is 1.08 bits per heavy atom. The van der Waals surface area contributed by atoms with E-state index in [9.17, 15) is 0 Å². The average molecular weight is 324 g/mol. The topological polar surface area (TPSA) is 81.4 Å². The first-order chi connectivity index (χ1) is 11.8. The Kier molecular flexibility index (Phi) is 3.66. The monoisotopic (exact) mass is 324 g/mol. The van der Waals surface area contributed by atoms with Crippen LogP contribution in [0.1, 0.15) is 11.5 Å².